The first-order chi connectivity index (χ1) is 8.79. The van der Waals surface area contributed by atoms with E-state index in [1.807, 2.05) is 12.1 Å². The molecule has 1 aromatic rings. The second kappa shape index (κ2) is 4.83. The molecule has 2 N–H and O–H groups in total. The van der Waals surface area contributed by atoms with E-state index in [0.717, 1.165) is 30.1 Å². The average molecular weight is 244 g/mol. The largest absolute Gasteiger partial charge is 0.397 e. The van der Waals surface area contributed by atoms with Gasteiger partial charge < -0.3 is 10.6 Å². The van der Waals surface area contributed by atoms with Crippen molar-refractivity contribution >= 4 is 11.4 Å². The van der Waals surface area contributed by atoms with Crippen molar-refractivity contribution in [2.45, 2.75) is 45.1 Å². The van der Waals surface area contributed by atoms with Gasteiger partial charge in [0.15, 0.2) is 0 Å². The van der Waals surface area contributed by atoms with E-state index in [9.17, 15) is 0 Å². The zero-order valence-corrected chi connectivity index (χ0v) is 11.3. The van der Waals surface area contributed by atoms with Crippen molar-refractivity contribution in [3.8, 4) is 0 Å². The van der Waals surface area contributed by atoms with Crippen molar-refractivity contribution in [1.29, 1.82) is 0 Å². The lowest BCUT2D eigenvalue weighted by Gasteiger charge is -2.37. The van der Waals surface area contributed by atoms with E-state index in [0.29, 0.717) is 0 Å². The van der Waals surface area contributed by atoms with Crippen LogP contribution in [0.1, 0.15) is 39.0 Å². The molecule has 1 aromatic carbocycles. The predicted molar refractivity (Wildman–Crippen MR) is 77.7 cm³/mol. The Balaban J connectivity index is 1.86. The third kappa shape index (κ3) is 1.98. The molecule has 2 heteroatoms. The summed E-state index contributed by atoms with van der Waals surface area (Å²) < 4.78 is 0. The summed E-state index contributed by atoms with van der Waals surface area (Å²) in [5.41, 5.74) is 8.38. The van der Waals surface area contributed by atoms with Crippen molar-refractivity contribution < 1.29 is 0 Å². The Kier molecular flexibility index (Phi) is 3.19. The van der Waals surface area contributed by atoms with Crippen LogP contribution in [0.15, 0.2) is 24.3 Å². The van der Waals surface area contributed by atoms with E-state index in [1.165, 1.54) is 37.8 Å². The first kappa shape index (κ1) is 11.9. The molecule has 0 saturated heterocycles. The smallest absolute Gasteiger partial charge is 0.0602 e. The highest BCUT2D eigenvalue weighted by molar-refractivity contribution is 5.67. The fourth-order valence-electron chi connectivity index (χ4n) is 4.05. The van der Waals surface area contributed by atoms with Crippen LogP contribution in [-0.4, -0.2) is 12.6 Å². The Labute approximate surface area is 110 Å². The van der Waals surface area contributed by atoms with Crippen LogP contribution in [0.2, 0.25) is 0 Å². The standard InChI is InChI=1S/C16H24N2/c1-2-9-18(15-6-4-3-5-14(15)17)16-11-12-7-8-13(16)10-12/h3-6,12-13,16H,2,7-11,17H2,1H3. The molecule has 3 atom stereocenters. The number of anilines is 2. The van der Waals surface area contributed by atoms with Gasteiger partial charge in [0, 0.05) is 12.6 Å². The summed E-state index contributed by atoms with van der Waals surface area (Å²) in [7, 11) is 0. The third-order valence-electron chi connectivity index (χ3n) is 4.81. The van der Waals surface area contributed by atoms with E-state index in [4.69, 9.17) is 5.73 Å². The van der Waals surface area contributed by atoms with Gasteiger partial charge >= 0.3 is 0 Å². The number of nitrogens with two attached hydrogens (primary N) is 1. The van der Waals surface area contributed by atoms with Crippen molar-refractivity contribution in [3.63, 3.8) is 0 Å². The van der Waals surface area contributed by atoms with Crippen LogP contribution in [0.5, 0.6) is 0 Å². The molecular weight excluding hydrogens is 220 g/mol. The molecule has 2 fully saturated rings. The van der Waals surface area contributed by atoms with Gasteiger partial charge in [-0.05, 0) is 49.7 Å². The Bertz CT molecular complexity index is 415. The van der Waals surface area contributed by atoms with Crippen molar-refractivity contribution in [1.82, 2.24) is 0 Å². The van der Waals surface area contributed by atoms with Crippen LogP contribution in [0.4, 0.5) is 11.4 Å². The molecule has 2 aliphatic rings. The van der Waals surface area contributed by atoms with E-state index >= 15 is 0 Å². The first-order valence-electron chi connectivity index (χ1n) is 7.40. The maximum atomic E-state index is 6.18. The molecule has 98 valence electrons. The van der Waals surface area contributed by atoms with Crippen LogP contribution in [0.25, 0.3) is 0 Å². The van der Waals surface area contributed by atoms with Crippen LogP contribution in [0.3, 0.4) is 0 Å². The van der Waals surface area contributed by atoms with Gasteiger partial charge in [-0.1, -0.05) is 25.5 Å². The minimum absolute atomic E-state index is 0.744. The Morgan fingerprint density at radius 3 is 2.67 bits per heavy atom. The van der Waals surface area contributed by atoms with Crippen LogP contribution in [0, 0.1) is 11.8 Å². The van der Waals surface area contributed by atoms with Gasteiger partial charge in [-0.25, -0.2) is 0 Å². The lowest BCUT2D eigenvalue weighted by Crippen LogP contribution is -2.40. The minimum Gasteiger partial charge on any atom is -0.397 e. The van der Waals surface area contributed by atoms with Gasteiger partial charge in [0.05, 0.1) is 11.4 Å². The highest BCUT2D eigenvalue weighted by Crippen LogP contribution is 2.48. The summed E-state index contributed by atoms with van der Waals surface area (Å²) in [6, 6.07) is 9.11. The van der Waals surface area contributed by atoms with Crippen molar-refractivity contribution in [2.75, 3.05) is 17.2 Å². The number of nitrogen functional groups attached to an aromatic ring is 1. The van der Waals surface area contributed by atoms with Gasteiger partial charge in [-0.15, -0.1) is 0 Å². The van der Waals surface area contributed by atoms with Crippen molar-refractivity contribution in [2.24, 2.45) is 11.8 Å². The summed E-state index contributed by atoms with van der Waals surface area (Å²) >= 11 is 0. The molecule has 0 radical (unpaired) electrons. The number of benzene rings is 1. The number of fused-ring (bicyclic) bond motifs is 2. The number of hydrogen-bond donors (Lipinski definition) is 1. The van der Waals surface area contributed by atoms with Gasteiger partial charge in [0.1, 0.15) is 0 Å². The van der Waals surface area contributed by atoms with Gasteiger partial charge in [0.25, 0.3) is 0 Å². The number of nitrogens with zero attached hydrogens (tertiary/aromatic N) is 1. The summed E-state index contributed by atoms with van der Waals surface area (Å²) in [5.74, 6) is 1.91. The van der Waals surface area contributed by atoms with Crippen molar-refractivity contribution in [3.05, 3.63) is 24.3 Å². The first-order valence-corrected chi connectivity index (χ1v) is 7.40. The Hall–Kier alpha value is -1.18. The van der Waals surface area contributed by atoms with Gasteiger partial charge in [-0.3, -0.25) is 0 Å². The predicted octanol–water partition coefficient (Wildman–Crippen LogP) is 3.67. The fraction of sp³-hybridized carbons (Fsp3) is 0.625. The normalized spacial score (nSPS) is 29.7. The Morgan fingerprint density at radius 2 is 2.06 bits per heavy atom. The summed E-state index contributed by atoms with van der Waals surface area (Å²) in [4.78, 5) is 2.60. The molecule has 3 unspecified atom stereocenters. The van der Waals surface area contributed by atoms with E-state index in [2.05, 4.69) is 24.0 Å². The SMILES string of the molecule is CCCN(c1ccccc1N)C1CC2CCC1C2. The summed E-state index contributed by atoms with van der Waals surface area (Å²) in [5, 5.41) is 0. The number of rotatable bonds is 4. The topological polar surface area (TPSA) is 29.3 Å². The van der Waals surface area contributed by atoms with E-state index in [1.54, 1.807) is 0 Å². The molecule has 3 rings (SSSR count). The summed E-state index contributed by atoms with van der Waals surface area (Å²) in [6.07, 6.45) is 6.94. The molecule has 2 saturated carbocycles. The van der Waals surface area contributed by atoms with Gasteiger partial charge in [-0.2, -0.15) is 0 Å². The zero-order valence-electron chi connectivity index (χ0n) is 11.3. The van der Waals surface area contributed by atoms with Crippen LogP contribution < -0.4 is 10.6 Å². The molecular formula is C16H24N2. The van der Waals surface area contributed by atoms with E-state index in [-0.39, 0.29) is 0 Å². The molecule has 2 bridgehead atoms. The maximum Gasteiger partial charge on any atom is 0.0602 e. The molecule has 0 aromatic heterocycles. The zero-order chi connectivity index (χ0) is 12.5. The molecule has 0 amide bonds. The second-order valence-corrected chi connectivity index (χ2v) is 5.99. The lowest BCUT2D eigenvalue weighted by atomic mass is 9.93. The minimum atomic E-state index is 0.744. The second-order valence-electron chi connectivity index (χ2n) is 5.99. The molecule has 2 aliphatic carbocycles. The average Bonchev–Trinajstić information content (AvgIpc) is 2.99. The summed E-state index contributed by atoms with van der Waals surface area (Å²) in [6.45, 7) is 3.40. The highest BCUT2D eigenvalue weighted by Gasteiger charge is 2.42. The number of para-hydroxylation sites is 2. The number of hydrogen-bond acceptors (Lipinski definition) is 2. The van der Waals surface area contributed by atoms with Crippen LogP contribution in [-0.2, 0) is 0 Å². The maximum absolute atomic E-state index is 6.18. The molecule has 0 heterocycles. The molecule has 2 nitrogen and oxygen atoms in total. The third-order valence-corrected chi connectivity index (χ3v) is 4.81. The molecule has 0 spiro atoms. The lowest BCUT2D eigenvalue weighted by molar-refractivity contribution is 0.392. The van der Waals surface area contributed by atoms with E-state index < -0.39 is 0 Å². The van der Waals surface area contributed by atoms with Crippen LogP contribution >= 0.6 is 0 Å². The Morgan fingerprint density at radius 1 is 1.22 bits per heavy atom. The highest BCUT2D eigenvalue weighted by atomic mass is 15.2. The fourth-order valence-corrected chi connectivity index (χ4v) is 4.05. The molecule has 0 aliphatic heterocycles. The quantitative estimate of drug-likeness (QED) is 0.819. The van der Waals surface area contributed by atoms with Gasteiger partial charge in [0.2, 0.25) is 0 Å². The monoisotopic (exact) mass is 244 g/mol. The molecule has 18 heavy (non-hydrogen) atoms.